The number of aryl methyl sites for hydroxylation is 2. The summed E-state index contributed by atoms with van der Waals surface area (Å²) in [6, 6.07) is 11.7. The summed E-state index contributed by atoms with van der Waals surface area (Å²) in [5, 5.41) is 0. The molecule has 194 valence electrons. The number of fused-ring (bicyclic) bond motifs is 1. The fourth-order valence-corrected chi connectivity index (χ4v) is 5.51. The molecule has 0 radical (unpaired) electrons. The van der Waals surface area contributed by atoms with E-state index in [1.807, 2.05) is 12.1 Å². The first kappa shape index (κ1) is 27.7. The van der Waals surface area contributed by atoms with Crippen molar-refractivity contribution < 1.29 is 22.6 Å². The largest absolute Gasteiger partial charge is 0.378 e. The van der Waals surface area contributed by atoms with Gasteiger partial charge in [-0.3, -0.25) is 0 Å². The van der Waals surface area contributed by atoms with E-state index in [4.69, 9.17) is 19.9 Å². The van der Waals surface area contributed by atoms with Crippen LogP contribution in [0.4, 0.5) is 0 Å². The number of hydrogen-bond donors (Lipinski definition) is 2. The summed E-state index contributed by atoms with van der Waals surface area (Å²) in [6.45, 7) is 9.29. The second-order valence-electron chi connectivity index (χ2n) is 8.99. The van der Waals surface area contributed by atoms with Crippen LogP contribution in [0, 0.1) is 13.8 Å². The molecular formula is C26H39N3O5S. The lowest BCUT2D eigenvalue weighted by molar-refractivity contribution is 0.0171. The number of likely N-dealkylation sites (N-methyl/N-ethyl adjacent to an activating group) is 1. The van der Waals surface area contributed by atoms with Crippen LogP contribution >= 0.6 is 0 Å². The molecule has 0 fully saturated rings. The lowest BCUT2D eigenvalue weighted by atomic mass is 9.82. The van der Waals surface area contributed by atoms with E-state index in [1.165, 1.54) is 22.3 Å². The molecule has 9 heteroatoms. The minimum Gasteiger partial charge on any atom is -0.378 e. The molecule has 1 atom stereocenters. The van der Waals surface area contributed by atoms with Crippen molar-refractivity contribution in [1.82, 2.24) is 9.62 Å². The molecule has 0 saturated carbocycles. The van der Waals surface area contributed by atoms with E-state index in [-0.39, 0.29) is 24.0 Å². The number of nitrogens with one attached hydrogen (secondary N) is 1. The molecule has 35 heavy (non-hydrogen) atoms. The summed E-state index contributed by atoms with van der Waals surface area (Å²) in [6.07, 6.45) is 0. The van der Waals surface area contributed by atoms with Crippen LogP contribution in [0.3, 0.4) is 0 Å². The quantitative estimate of drug-likeness (QED) is 0.379. The summed E-state index contributed by atoms with van der Waals surface area (Å²) in [7, 11) is -1.53. The highest BCUT2D eigenvalue weighted by atomic mass is 32.2. The van der Waals surface area contributed by atoms with Gasteiger partial charge in [0.05, 0.1) is 44.5 Å². The lowest BCUT2D eigenvalue weighted by Crippen LogP contribution is -2.32. The van der Waals surface area contributed by atoms with Crippen LogP contribution in [0.15, 0.2) is 41.3 Å². The van der Waals surface area contributed by atoms with Gasteiger partial charge in [-0.2, -0.15) is 0 Å². The average molecular weight is 506 g/mol. The van der Waals surface area contributed by atoms with Crippen molar-refractivity contribution in [3.05, 3.63) is 64.2 Å². The van der Waals surface area contributed by atoms with E-state index in [0.717, 1.165) is 18.7 Å². The third-order valence-electron chi connectivity index (χ3n) is 6.06. The van der Waals surface area contributed by atoms with Crippen LogP contribution in [0.5, 0.6) is 0 Å². The molecule has 3 rings (SSSR count). The zero-order valence-corrected chi connectivity index (χ0v) is 21.9. The predicted octanol–water partition coefficient (Wildman–Crippen LogP) is 2.17. The number of benzene rings is 2. The van der Waals surface area contributed by atoms with Crippen molar-refractivity contribution in [1.29, 1.82) is 0 Å². The number of ether oxygens (including phenoxy) is 3. The Balaban J connectivity index is 1.54. The smallest absolute Gasteiger partial charge is 0.240 e. The molecule has 3 N–H and O–H groups in total. The predicted molar refractivity (Wildman–Crippen MR) is 137 cm³/mol. The molecule has 2 aromatic rings. The van der Waals surface area contributed by atoms with Gasteiger partial charge < -0.3 is 24.8 Å². The fourth-order valence-electron chi connectivity index (χ4n) is 4.44. The van der Waals surface area contributed by atoms with Gasteiger partial charge >= 0.3 is 0 Å². The van der Waals surface area contributed by atoms with Gasteiger partial charge in [0.15, 0.2) is 0 Å². The maximum absolute atomic E-state index is 12.9. The third kappa shape index (κ3) is 8.08. The topological polar surface area (TPSA) is 103 Å². The maximum Gasteiger partial charge on any atom is 0.240 e. The number of nitrogens with two attached hydrogens (primary N) is 1. The van der Waals surface area contributed by atoms with Gasteiger partial charge in [-0.15, -0.1) is 0 Å². The van der Waals surface area contributed by atoms with Crippen molar-refractivity contribution in [3.8, 4) is 0 Å². The molecule has 0 saturated heterocycles. The molecule has 0 spiro atoms. The molecule has 8 nitrogen and oxygen atoms in total. The summed E-state index contributed by atoms with van der Waals surface area (Å²) in [5.41, 5.74) is 11.5. The van der Waals surface area contributed by atoms with Crippen LogP contribution in [-0.2, 0) is 30.8 Å². The Morgan fingerprint density at radius 3 is 2.40 bits per heavy atom. The van der Waals surface area contributed by atoms with Crippen LogP contribution in [0.1, 0.15) is 33.7 Å². The summed E-state index contributed by atoms with van der Waals surface area (Å²) >= 11 is 0. The van der Waals surface area contributed by atoms with E-state index >= 15 is 0 Å². The standard InChI is InChI=1S/C26H39N3O5S/c1-20-15-21(2)25-18-29(3)19-26(24(25)16-20)22-5-4-6-23(17-22)35(30,31)28-8-10-33-12-14-34-13-11-32-9-7-27/h4-6,15-17,26,28H,7-14,18-19,27H2,1-3H3. The Hall–Kier alpha value is -1.85. The van der Waals surface area contributed by atoms with Crippen LogP contribution in [0.2, 0.25) is 0 Å². The zero-order chi connectivity index (χ0) is 25.3. The third-order valence-corrected chi connectivity index (χ3v) is 7.52. The first-order valence-electron chi connectivity index (χ1n) is 12.1. The first-order chi connectivity index (χ1) is 16.8. The van der Waals surface area contributed by atoms with E-state index < -0.39 is 10.0 Å². The molecule has 0 aromatic heterocycles. The average Bonchev–Trinajstić information content (AvgIpc) is 2.82. The van der Waals surface area contributed by atoms with Crippen molar-refractivity contribution >= 4 is 10.0 Å². The highest BCUT2D eigenvalue weighted by molar-refractivity contribution is 7.89. The lowest BCUT2D eigenvalue weighted by Gasteiger charge is -2.34. The maximum atomic E-state index is 12.9. The Kier molecular flexibility index (Phi) is 10.7. The molecule has 0 amide bonds. The van der Waals surface area contributed by atoms with Gasteiger partial charge in [-0.25, -0.2) is 13.1 Å². The van der Waals surface area contributed by atoms with Gasteiger partial charge in [0.1, 0.15) is 0 Å². The van der Waals surface area contributed by atoms with E-state index in [0.29, 0.717) is 39.6 Å². The molecule has 2 aromatic carbocycles. The van der Waals surface area contributed by atoms with Gasteiger partial charge in [0, 0.05) is 32.1 Å². The van der Waals surface area contributed by atoms with E-state index in [1.54, 1.807) is 12.1 Å². The van der Waals surface area contributed by atoms with Crippen molar-refractivity contribution in [2.24, 2.45) is 5.73 Å². The monoisotopic (exact) mass is 505 g/mol. The summed E-state index contributed by atoms with van der Waals surface area (Å²) in [5.74, 6) is 0.126. The highest BCUT2D eigenvalue weighted by Gasteiger charge is 2.27. The van der Waals surface area contributed by atoms with Crippen molar-refractivity contribution in [2.75, 3.05) is 66.3 Å². The van der Waals surface area contributed by atoms with Gasteiger partial charge in [-0.05, 0) is 55.3 Å². The number of rotatable bonds is 14. The normalized spacial score (nSPS) is 16.4. The number of hydrogen-bond acceptors (Lipinski definition) is 7. The van der Waals surface area contributed by atoms with Crippen LogP contribution in [-0.4, -0.2) is 79.6 Å². The Morgan fingerprint density at radius 1 is 1.00 bits per heavy atom. The van der Waals surface area contributed by atoms with Crippen LogP contribution < -0.4 is 10.5 Å². The van der Waals surface area contributed by atoms with Gasteiger partial charge in [-0.1, -0.05) is 29.8 Å². The van der Waals surface area contributed by atoms with Crippen LogP contribution in [0.25, 0.3) is 0 Å². The van der Waals surface area contributed by atoms with E-state index in [2.05, 4.69) is 42.6 Å². The highest BCUT2D eigenvalue weighted by Crippen LogP contribution is 2.36. The second-order valence-corrected chi connectivity index (χ2v) is 10.8. The minimum atomic E-state index is -3.64. The minimum absolute atomic E-state index is 0.126. The first-order valence-corrected chi connectivity index (χ1v) is 13.6. The van der Waals surface area contributed by atoms with Gasteiger partial charge in [0.2, 0.25) is 10.0 Å². The molecule has 1 aliphatic heterocycles. The molecule has 1 aliphatic rings. The number of sulfonamides is 1. The Bertz CT molecular complexity index is 1060. The van der Waals surface area contributed by atoms with Crippen molar-refractivity contribution in [2.45, 2.75) is 31.2 Å². The Morgan fingerprint density at radius 2 is 1.69 bits per heavy atom. The zero-order valence-electron chi connectivity index (χ0n) is 21.1. The van der Waals surface area contributed by atoms with Crippen molar-refractivity contribution in [3.63, 3.8) is 0 Å². The molecule has 1 heterocycles. The number of nitrogens with zero attached hydrogens (tertiary/aromatic N) is 1. The molecule has 0 bridgehead atoms. The summed E-state index contributed by atoms with van der Waals surface area (Å²) in [4.78, 5) is 2.57. The summed E-state index contributed by atoms with van der Waals surface area (Å²) < 4.78 is 44.5. The fraction of sp³-hybridized carbons (Fsp3) is 0.538. The van der Waals surface area contributed by atoms with E-state index in [9.17, 15) is 8.42 Å². The Labute approximate surface area is 209 Å². The molecular weight excluding hydrogens is 466 g/mol. The SMILES string of the molecule is Cc1cc(C)c2c(c1)C(c1cccc(S(=O)(=O)NCCOCCOCCOCCN)c1)CN(C)C2. The molecule has 1 unspecified atom stereocenters. The second kappa shape index (κ2) is 13.5. The van der Waals surface area contributed by atoms with Gasteiger partial charge in [0.25, 0.3) is 0 Å². The molecule has 0 aliphatic carbocycles.